The third-order valence-corrected chi connectivity index (χ3v) is 5.73. The van der Waals surface area contributed by atoms with Crippen molar-refractivity contribution in [2.24, 2.45) is 0 Å². The summed E-state index contributed by atoms with van der Waals surface area (Å²) < 4.78 is 22.0. The topological polar surface area (TPSA) is 138 Å². The van der Waals surface area contributed by atoms with Crippen LogP contribution in [0.4, 0.5) is 10.5 Å². The summed E-state index contributed by atoms with van der Waals surface area (Å²) in [6, 6.07) is 7.82. The number of esters is 1. The van der Waals surface area contributed by atoms with Crippen LogP contribution in [0, 0.1) is 10.1 Å². The van der Waals surface area contributed by atoms with Gasteiger partial charge in [-0.25, -0.2) is 9.59 Å². The van der Waals surface area contributed by atoms with E-state index in [0.717, 1.165) is 5.56 Å². The van der Waals surface area contributed by atoms with Crippen molar-refractivity contribution in [3.8, 4) is 11.5 Å². The number of nitro groups is 1. The highest BCUT2D eigenvalue weighted by atomic mass is 16.7. The van der Waals surface area contributed by atoms with Gasteiger partial charge in [-0.15, -0.1) is 0 Å². The Morgan fingerprint density at radius 1 is 1.17 bits per heavy atom. The number of aliphatic hydroxyl groups is 1. The van der Waals surface area contributed by atoms with Crippen molar-refractivity contribution >= 4 is 17.7 Å². The van der Waals surface area contributed by atoms with Crippen molar-refractivity contribution in [3.05, 3.63) is 63.2 Å². The van der Waals surface area contributed by atoms with Crippen LogP contribution in [0.3, 0.4) is 0 Å². The van der Waals surface area contributed by atoms with E-state index in [9.17, 15) is 24.8 Å². The molecule has 0 spiro atoms. The van der Waals surface area contributed by atoms with Crippen LogP contribution < -0.4 is 9.47 Å². The number of non-ortho nitro benzene ring substituents is 1. The van der Waals surface area contributed by atoms with Gasteiger partial charge < -0.3 is 24.1 Å². The summed E-state index contributed by atoms with van der Waals surface area (Å²) in [5, 5.41) is 22.0. The van der Waals surface area contributed by atoms with Gasteiger partial charge in [-0.3, -0.25) is 15.0 Å². The summed E-state index contributed by atoms with van der Waals surface area (Å²) >= 11 is 0. The normalized spacial score (nSPS) is 21.1. The fraction of sp³-hybridized carbons (Fsp3) is 0.417. The Morgan fingerprint density at radius 2 is 1.83 bits per heavy atom. The van der Waals surface area contributed by atoms with Gasteiger partial charge in [0.25, 0.3) is 11.5 Å². The lowest BCUT2D eigenvalue weighted by Gasteiger charge is -2.38. The van der Waals surface area contributed by atoms with E-state index < -0.39 is 34.4 Å². The largest absolute Gasteiger partial charge is 0.482 e. The number of methoxy groups -OCH3 is 1. The second-order valence-corrected chi connectivity index (χ2v) is 9.40. The third kappa shape index (κ3) is 4.85. The van der Waals surface area contributed by atoms with Gasteiger partial charge in [0.15, 0.2) is 18.1 Å². The fourth-order valence-electron chi connectivity index (χ4n) is 4.02. The minimum atomic E-state index is -1.87. The molecule has 2 aliphatic rings. The van der Waals surface area contributed by atoms with Gasteiger partial charge in [-0.05, 0) is 56.2 Å². The summed E-state index contributed by atoms with van der Waals surface area (Å²) in [5.41, 5.74) is 0.861. The first-order valence-corrected chi connectivity index (χ1v) is 10.9. The van der Waals surface area contributed by atoms with Gasteiger partial charge >= 0.3 is 12.1 Å². The van der Waals surface area contributed by atoms with E-state index in [1.54, 1.807) is 32.9 Å². The quantitative estimate of drug-likeness (QED) is 0.394. The van der Waals surface area contributed by atoms with Crippen LogP contribution in [-0.4, -0.2) is 52.4 Å². The van der Waals surface area contributed by atoms with Crippen LogP contribution >= 0.6 is 0 Å². The second kappa shape index (κ2) is 8.73. The number of ether oxygens (including phenoxy) is 4. The molecule has 11 heteroatoms. The Balaban J connectivity index is 1.64. The summed E-state index contributed by atoms with van der Waals surface area (Å²) in [7, 11) is 1.26. The minimum Gasteiger partial charge on any atom is -0.482 e. The monoisotopic (exact) mass is 486 g/mol. The lowest BCUT2D eigenvalue weighted by molar-refractivity contribution is -0.384. The van der Waals surface area contributed by atoms with Crippen LogP contribution in [0.2, 0.25) is 0 Å². The van der Waals surface area contributed by atoms with Crippen molar-refractivity contribution in [2.75, 3.05) is 13.7 Å². The number of nitrogens with zero attached hydrogens (tertiary/aromatic N) is 2. The summed E-state index contributed by atoms with van der Waals surface area (Å²) in [6.07, 6.45) is -0.472. The smallest absolute Gasteiger partial charge is 0.411 e. The van der Waals surface area contributed by atoms with Crippen LogP contribution in [0.1, 0.15) is 37.5 Å². The molecule has 2 aromatic rings. The molecule has 0 bridgehead atoms. The van der Waals surface area contributed by atoms with Crippen molar-refractivity contribution in [3.63, 3.8) is 0 Å². The summed E-state index contributed by atoms with van der Waals surface area (Å²) in [4.78, 5) is 37.0. The number of hydrogen-bond acceptors (Lipinski definition) is 9. The van der Waals surface area contributed by atoms with Crippen molar-refractivity contribution in [1.29, 1.82) is 0 Å². The zero-order chi connectivity index (χ0) is 25.5. The molecule has 1 amide bonds. The Bertz CT molecular complexity index is 1170. The van der Waals surface area contributed by atoms with Gasteiger partial charge in [0.1, 0.15) is 11.6 Å². The molecule has 186 valence electrons. The Kier molecular flexibility index (Phi) is 6.05. The van der Waals surface area contributed by atoms with Crippen LogP contribution in [0.25, 0.3) is 0 Å². The third-order valence-electron chi connectivity index (χ3n) is 5.73. The molecule has 2 heterocycles. The molecule has 2 aromatic carbocycles. The highest BCUT2D eigenvalue weighted by molar-refractivity contribution is 5.82. The molecule has 4 rings (SSSR count). The maximum absolute atomic E-state index is 12.9. The highest BCUT2D eigenvalue weighted by Crippen LogP contribution is 2.42. The van der Waals surface area contributed by atoms with Gasteiger partial charge in [0.05, 0.1) is 18.6 Å². The van der Waals surface area contributed by atoms with Gasteiger partial charge in [-0.1, -0.05) is 0 Å². The number of carbonyl (C=O) groups is 2. The number of amides is 1. The second-order valence-electron chi connectivity index (χ2n) is 9.40. The number of rotatable bonds is 3. The molecule has 0 saturated heterocycles. The van der Waals surface area contributed by atoms with E-state index in [4.69, 9.17) is 18.9 Å². The van der Waals surface area contributed by atoms with E-state index in [1.165, 1.54) is 36.3 Å². The van der Waals surface area contributed by atoms with Gasteiger partial charge in [0.2, 0.25) is 0 Å². The van der Waals surface area contributed by atoms with Gasteiger partial charge in [0, 0.05) is 24.1 Å². The number of nitro benzene ring substituents is 1. The van der Waals surface area contributed by atoms with Crippen molar-refractivity contribution < 1.29 is 38.6 Å². The van der Waals surface area contributed by atoms with Crippen LogP contribution in [0.15, 0.2) is 36.4 Å². The average molecular weight is 486 g/mol. The number of hydrogen-bond donors (Lipinski definition) is 1. The first kappa shape index (κ1) is 24.3. The maximum Gasteiger partial charge on any atom is 0.411 e. The molecule has 35 heavy (non-hydrogen) atoms. The van der Waals surface area contributed by atoms with Crippen LogP contribution in [-0.2, 0) is 33.0 Å². The van der Waals surface area contributed by atoms with Crippen molar-refractivity contribution in [2.45, 2.75) is 51.2 Å². The molecule has 2 aliphatic heterocycles. The van der Waals surface area contributed by atoms with E-state index >= 15 is 0 Å². The van der Waals surface area contributed by atoms with Gasteiger partial charge in [-0.2, -0.15) is 0 Å². The Labute approximate surface area is 201 Å². The number of fused-ring (bicyclic) bond motifs is 2. The first-order valence-electron chi connectivity index (χ1n) is 10.9. The fourth-order valence-corrected chi connectivity index (χ4v) is 4.02. The van der Waals surface area contributed by atoms with Crippen molar-refractivity contribution in [1.82, 2.24) is 4.90 Å². The maximum atomic E-state index is 12.9. The molecule has 2 atom stereocenters. The van der Waals surface area contributed by atoms with E-state index in [2.05, 4.69) is 0 Å². The van der Waals surface area contributed by atoms with E-state index in [1.807, 2.05) is 0 Å². The SMILES string of the molecule is COC(=O)[C@@H]1Cc2cc3c(cc2CN1C(=O)OC(C)(C)C)OC(O)(c1ccc([N+](=O)[O-])cc1)CO3. The average Bonchev–Trinajstić information content (AvgIpc) is 2.80. The van der Waals surface area contributed by atoms with E-state index in [0.29, 0.717) is 11.3 Å². The summed E-state index contributed by atoms with van der Waals surface area (Å²) in [6.45, 7) is 5.00. The first-order chi connectivity index (χ1) is 16.4. The highest BCUT2D eigenvalue weighted by Gasteiger charge is 2.41. The zero-order valence-corrected chi connectivity index (χ0v) is 19.8. The molecule has 0 aromatic heterocycles. The molecule has 11 nitrogen and oxygen atoms in total. The predicted octanol–water partition coefficient (Wildman–Crippen LogP) is 3.05. The standard InChI is InChI=1S/C24H26N2O9/c1-23(2,3)35-22(28)25-12-15-11-20-19(10-14(15)9-18(25)21(27)32-4)33-13-24(29,34-20)16-5-7-17(8-6-16)26(30)31/h5-8,10-11,18,29H,9,12-13H2,1-4H3/t18-,24?/m0/s1. The number of carbonyl (C=O) groups excluding carboxylic acids is 2. The van der Waals surface area contributed by atoms with E-state index in [-0.39, 0.29) is 36.6 Å². The molecule has 1 unspecified atom stereocenters. The lowest BCUT2D eigenvalue weighted by atomic mass is 9.93. The molecule has 0 saturated carbocycles. The lowest BCUT2D eigenvalue weighted by Crippen LogP contribution is -2.50. The molecule has 1 N–H and O–H groups in total. The molecule has 0 radical (unpaired) electrons. The molecule has 0 fully saturated rings. The molecule has 0 aliphatic carbocycles. The Morgan fingerprint density at radius 3 is 2.43 bits per heavy atom. The zero-order valence-electron chi connectivity index (χ0n) is 19.8. The summed E-state index contributed by atoms with van der Waals surface area (Å²) in [5.74, 6) is -1.84. The minimum absolute atomic E-state index is 0.0522. The molecular weight excluding hydrogens is 460 g/mol. The predicted molar refractivity (Wildman–Crippen MR) is 121 cm³/mol. The number of benzene rings is 2. The molecular formula is C24H26N2O9. The van der Waals surface area contributed by atoms with Crippen LogP contribution in [0.5, 0.6) is 11.5 Å². The Hall–Kier alpha value is -3.86.